The topological polar surface area (TPSA) is 109 Å². The van der Waals surface area contributed by atoms with Crippen LogP contribution in [-0.2, 0) is 4.74 Å². The fourth-order valence-corrected chi connectivity index (χ4v) is 0.972. The molecule has 0 aliphatic rings. The van der Waals surface area contributed by atoms with E-state index < -0.39 is 5.97 Å². The van der Waals surface area contributed by atoms with Crippen molar-refractivity contribution in [2.45, 2.75) is 6.92 Å². The van der Waals surface area contributed by atoms with Crippen molar-refractivity contribution in [1.82, 2.24) is 30.4 Å². The Hall–Kier alpha value is -2.25. The number of aromatic amines is 2. The average Bonchev–Trinajstić information content (AvgIpc) is 2.89. The number of esters is 1. The van der Waals surface area contributed by atoms with E-state index in [1.54, 1.807) is 6.92 Å². The van der Waals surface area contributed by atoms with Crippen LogP contribution in [0, 0.1) is 0 Å². The molecule has 0 bridgehead atoms. The lowest BCUT2D eigenvalue weighted by Gasteiger charge is -1.94. The molecule has 8 heteroatoms. The highest BCUT2D eigenvalue weighted by Gasteiger charge is 2.14. The van der Waals surface area contributed by atoms with Crippen molar-refractivity contribution in [1.29, 1.82) is 0 Å². The first-order valence-corrected chi connectivity index (χ1v) is 4.26. The van der Waals surface area contributed by atoms with E-state index in [-0.39, 0.29) is 18.3 Å². The summed E-state index contributed by atoms with van der Waals surface area (Å²) in [4.78, 5) is 19.0. The third-order valence-electron chi connectivity index (χ3n) is 1.58. The van der Waals surface area contributed by atoms with E-state index in [0.29, 0.717) is 5.82 Å². The molecule has 0 atom stereocenters. The van der Waals surface area contributed by atoms with Gasteiger partial charge in [0.15, 0.2) is 5.82 Å². The molecular weight excluding hydrogens is 200 g/mol. The molecule has 2 N–H and O–H groups in total. The maximum atomic E-state index is 11.2. The zero-order chi connectivity index (χ0) is 10.7. The molecule has 0 aliphatic carbocycles. The number of rotatable bonds is 3. The first-order chi connectivity index (χ1) is 7.31. The number of H-pyrrole nitrogens is 2. The molecule has 0 amide bonds. The van der Waals surface area contributed by atoms with Crippen LogP contribution in [0.25, 0.3) is 11.6 Å². The van der Waals surface area contributed by atoms with Crippen molar-refractivity contribution in [3.05, 3.63) is 12.2 Å². The number of carbonyl (C=O) groups excluding carboxylic acids is 1. The highest BCUT2D eigenvalue weighted by molar-refractivity contribution is 5.85. The second-order valence-corrected chi connectivity index (χ2v) is 2.56. The predicted octanol–water partition coefficient (Wildman–Crippen LogP) is -0.234. The van der Waals surface area contributed by atoms with Crippen molar-refractivity contribution in [2.75, 3.05) is 6.61 Å². The van der Waals surface area contributed by atoms with Crippen LogP contribution in [0.5, 0.6) is 0 Å². The molecule has 0 spiro atoms. The molecule has 2 aromatic rings. The minimum absolute atomic E-state index is 0.0447. The van der Waals surface area contributed by atoms with Crippen LogP contribution in [0.2, 0.25) is 0 Å². The predicted molar refractivity (Wildman–Crippen MR) is 47.7 cm³/mol. The number of nitrogens with one attached hydrogen (secondary N) is 2. The number of ether oxygens (including phenoxy) is 1. The molecule has 0 aliphatic heterocycles. The Bertz CT molecular complexity index is 448. The molecule has 2 aromatic heterocycles. The first-order valence-electron chi connectivity index (χ1n) is 4.26. The van der Waals surface area contributed by atoms with Gasteiger partial charge in [0.25, 0.3) is 0 Å². The SMILES string of the molecule is CCOC(=O)c1nc(-c2ncn[nH]2)n[nH]1. The number of aromatic nitrogens is 6. The Balaban J connectivity index is 2.21. The maximum Gasteiger partial charge on any atom is 0.375 e. The Morgan fingerprint density at radius 1 is 1.53 bits per heavy atom. The lowest BCUT2D eigenvalue weighted by molar-refractivity contribution is 0.0512. The highest BCUT2D eigenvalue weighted by Crippen LogP contribution is 2.06. The van der Waals surface area contributed by atoms with Crippen LogP contribution in [0.4, 0.5) is 0 Å². The summed E-state index contributed by atoms with van der Waals surface area (Å²) in [5, 5.41) is 12.5. The first kappa shape index (κ1) is 9.31. The van der Waals surface area contributed by atoms with Gasteiger partial charge in [0.1, 0.15) is 6.33 Å². The van der Waals surface area contributed by atoms with Crippen LogP contribution in [0.3, 0.4) is 0 Å². The second-order valence-electron chi connectivity index (χ2n) is 2.56. The molecule has 78 valence electrons. The van der Waals surface area contributed by atoms with Gasteiger partial charge in [0, 0.05) is 0 Å². The summed E-state index contributed by atoms with van der Waals surface area (Å²) in [5.74, 6) is 0.163. The van der Waals surface area contributed by atoms with E-state index in [0.717, 1.165) is 0 Å². The molecule has 2 heterocycles. The van der Waals surface area contributed by atoms with Crippen molar-refractivity contribution < 1.29 is 9.53 Å². The van der Waals surface area contributed by atoms with Crippen molar-refractivity contribution in [2.24, 2.45) is 0 Å². The minimum Gasteiger partial charge on any atom is -0.460 e. The Kier molecular flexibility index (Phi) is 2.40. The summed E-state index contributed by atoms with van der Waals surface area (Å²) in [7, 11) is 0. The summed E-state index contributed by atoms with van der Waals surface area (Å²) < 4.78 is 4.74. The molecule has 15 heavy (non-hydrogen) atoms. The van der Waals surface area contributed by atoms with Gasteiger partial charge in [-0.05, 0) is 6.92 Å². The molecule has 0 unspecified atom stereocenters. The van der Waals surface area contributed by atoms with Crippen LogP contribution in [-0.4, -0.2) is 42.9 Å². The van der Waals surface area contributed by atoms with Crippen LogP contribution < -0.4 is 0 Å². The second kappa shape index (κ2) is 3.86. The van der Waals surface area contributed by atoms with E-state index in [4.69, 9.17) is 4.74 Å². The highest BCUT2D eigenvalue weighted by atomic mass is 16.5. The molecule has 0 aromatic carbocycles. The number of hydrogen-bond donors (Lipinski definition) is 2. The van der Waals surface area contributed by atoms with Crippen molar-refractivity contribution >= 4 is 5.97 Å². The standard InChI is InChI=1S/C7H8N6O2/c1-2-15-7(14)6-10-5(12-13-6)4-8-3-9-11-4/h3H,2H2,1H3,(H,8,9,11)(H,10,12,13). The lowest BCUT2D eigenvalue weighted by atomic mass is 10.5. The average molecular weight is 208 g/mol. The van der Waals surface area contributed by atoms with Gasteiger partial charge in [0.2, 0.25) is 11.6 Å². The zero-order valence-electron chi connectivity index (χ0n) is 7.89. The zero-order valence-corrected chi connectivity index (χ0v) is 7.89. The monoisotopic (exact) mass is 208 g/mol. The molecule has 0 fully saturated rings. The van der Waals surface area contributed by atoms with Gasteiger partial charge < -0.3 is 4.74 Å². The van der Waals surface area contributed by atoms with E-state index >= 15 is 0 Å². The van der Waals surface area contributed by atoms with E-state index in [1.165, 1.54) is 6.33 Å². The molecule has 0 saturated carbocycles. The van der Waals surface area contributed by atoms with Gasteiger partial charge in [-0.2, -0.15) is 10.1 Å². The van der Waals surface area contributed by atoms with Gasteiger partial charge in [-0.3, -0.25) is 10.2 Å². The Morgan fingerprint density at radius 3 is 3.07 bits per heavy atom. The van der Waals surface area contributed by atoms with Gasteiger partial charge in [0.05, 0.1) is 6.61 Å². The Labute approximate surface area is 84.1 Å². The molecule has 2 rings (SSSR count). The van der Waals surface area contributed by atoms with E-state index in [9.17, 15) is 4.79 Å². The smallest absolute Gasteiger partial charge is 0.375 e. The number of nitrogens with zero attached hydrogens (tertiary/aromatic N) is 4. The van der Waals surface area contributed by atoms with E-state index in [2.05, 4.69) is 30.4 Å². The maximum absolute atomic E-state index is 11.2. The molecule has 0 radical (unpaired) electrons. The van der Waals surface area contributed by atoms with Gasteiger partial charge in [-0.15, -0.1) is 5.10 Å². The third-order valence-corrected chi connectivity index (χ3v) is 1.58. The summed E-state index contributed by atoms with van der Waals surface area (Å²) in [6.07, 6.45) is 1.33. The number of hydrogen-bond acceptors (Lipinski definition) is 6. The van der Waals surface area contributed by atoms with Gasteiger partial charge >= 0.3 is 5.97 Å². The van der Waals surface area contributed by atoms with Crippen molar-refractivity contribution in [3.63, 3.8) is 0 Å². The van der Waals surface area contributed by atoms with Gasteiger partial charge in [-0.25, -0.2) is 9.78 Å². The minimum atomic E-state index is -0.546. The van der Waals surface area contributed by atoms with Gasteiger partial charge in [-0.1, -0.05) is 0 Å². The fourth-order valence-electron chi connectivity index (χ4n) is 0.972. The Morgan fingerprint density at radius 2 is 2.40 bits per heavy atom. The molecular formula is C7H8N6O2. The molecule has 0 saturated heterocycles. The van der Waals surface area contributed by atoms with Crippen LogP contribution >= 0.6 is 0 Å². The summed E-state index contributed by atoms with van der Waals surface area (Å²) >= 11 is 0. The largest absolute Gasteiger partial charge is 0.460 e. The fraction of sp³-hybridized carbons (Fsp3) is 0.286. The molecule has 8 nitrogen and oxygen atoms in total. The van der Waals surface area contributed by atoms with Crippen LogP contribution in [0.1, 0.15) is 17.5 Å². The third kappa shape index (κ3) is 1.82. The normalized spacial score (nSPS) is 10.2. The number of carbonyl (C=O) groups is 1. The summed E-state index contributed by atoms with van der Waals surface area (Å²) in [5.41, 5.74) is 0. The summed E-state index contributed by atoms with van der Waals surface area (Å²) in [6.45, 7) is 2.00. The van der Waals surface area contributed by atoms with E-state index in [1.807, 2.05) is 0 Å². The van der Waals surface area contributed by atoms with Crippen molar-refractivity contribution in [3.8, 4) is 11.6 Å². The lowest BCUT2D eigenvalue weighted by Crippen LogP contribution is -2.06. The van der Waals surface area contributed by atoms with Crippen LogP contribution in [0.15, 0.2) is 6.33 Å². The quantitative estimate of drug-likeness (QED) is 0.674. The summed E-state index contributed by atoms with van der Waals surface area (Å²) in [6, 6.07) is 0.